The van der Waals surface area contributed by atoms with E-state index in [0.717, 1.165) is 25.8 Å². The summed E-state index contributed by atoms with van der Waals surface area (Å²) in [4.78, 5) is 4.76. The van der Waals surface area contributed by atoms with Crippen molar-refractivity contribution in [3.8, 4) is 11.3 Å². The van der Waals surface area contributed by atoms with E-state index in [2.05, 4.69) is 31.2 Å². The molecule has 0 atom stereocenters. The van der Waals surface area contributed by atoms with Crippen molar-refractivity contribution in [1.29, 1.82) is 0 Å². The van der Waals surface area contributed by atoms with Crippen molar-refractivity contribution in [2.24, 2.45) is 0 Å². The molecule has 2 N–H and O–H groups in total. The van der Waals surface area contributed by atoms with Crippen LogP contribution in [0.3, 0.4) is 0 Å². The number of nitrogens with two attached hydrogens (primary N) is 1. The van der Waals surface area contributed by atoms with Crippen LogP contribution >= 0.6 is 23.1 Å². The molecular formula is C16H20N2S2. The summed E-state index contributed by atoms with van der Waals surface area (Å²) in [5.41, 5.74) is 9.50. The molecule has 1 saturated carbocycles. The van der Waals surface area contributed by atoms with Crippen LogP contribution in [0, 0.1) is 6.92 Å². The summed E-state index contributed by atoms with van der Waals surface area (Å²) in [6, 6.07) is 8.44. The number of anilines is 1. The lowest BCUT2D eigenvalue weighted by Crippen LogP contribution is -2.07. The molecule has 1 heterocycles. The fourth-order valence-corrected chi connectivity index (χ4v) is 5.06. The lowest BCUT2D eigenvalue weighted by Gasteiger charge is -2.19. The number of aryl methyl sites for hydroxylation is 1. The highest BCUT2D eigenvalue weighted by molar-refractivity contribution is 8.01. The maximum atomic E-state index is 6.16. The van der Waals surface area contributed by atoms with Gasteiger partial charge in [0.05, 0.1) is 0 Å². The first-order valence-electron chi connectivity index (χ1n) is 7.22. The van der Waals surface area contributed by atoms with Gasteiger partial charge in [0.25, 0.3) is 0 Å². The third kappa shape index (κ3) is 3.18. The molecule has 0 radical (unpaired) electrons. The molecule has 1 aromatic heterocycles. The molecule has 20 heavy (non-hydrogen) atoms. The van der Waals surface area contributed by atoms with Crippen LogP contribution in [-0.4, -0.2) is 10.2 Å². The topological polar surface area (TPSA) is 38.9 Å². The maximum absolute atomic E-state index is 6.16. The summed E-state index contributed by atoms with van der Waals surface area (Å²) in [6.07, 6.45) is 6.77. The quantitative estimate of drug-likeness (QED) is 0.854. The molecule has 1 fully saturated rings. The highest BCUT2D eigenvalue weighted by atomic mass is 32.2. The number of rotatable bonds is 3. The monoisotopic (exact) mass is 304 g/mol. The Bertz CT molecular complexity index is 569. The van der Waals surface area contributed by atoms with E-state index in [1.54, 1.807) is 11.3 Å². The second kappa shape index (κ2) is 6.19. The summed E-state index contributed by atoms with van der Waals surface area (Å²) in [7, 11) is 0. The fraction of sp³-hybridized carbons (Fsp3) is 0.438. The molecule has 4 heteroatoms. The van der Waals surface area contributed by atoms with Crippen LogP contribution in [0.5, 0.6) is 0 Å². The van der Waals surface area contributed by atoms with Crippen molar-refractivity contribution in [3.05, 3.63) is 29.8 Å². The van der Waals surface area contributed by atoms with E-state index < -0.39 is 0 Å². The van der Waals surface area contributed by atoms with Crippen LogP contribution in [0.25, 0.3) is 11.3 Å². The van der Waals surface area contributed by atoms with Crippen LogP contribution in [-0.2, 0) is 0 Å². The number of thioether (sulfide) groups is 1. The molecule has 0 unspecified atom stereocenters. The van der Waals surface area contributed by atoms with Crippen molar-refractivity contribution < 1.29 is 0 Å². The van der Waals surface area contributed by atoms with Gasteiger partial charge in [-0.25, -0.2) is 4.98 Å². The molecule has 106 valence electrons. The van der Waals surface area contributed by atoms with Gasteiger partial charge in [0, 0.05) is 10.8 Å². The Morgan fingerprint density at radius 1 is 1.15 bits per heavy atom. The predicted octanol–water partition coefficient (Wildman–Crippen LogP) is 5.13. The molecule has 1 aromatic carbocycles. The molecular weight excluding hydrogens is 284 g/mol. The fourth-order valence-electron chi connectivity index (χ4n) is 2.61. The molecule has 0 saturated heterocycles. The molecule has 0 spiro atoms. The number of nitrogen functional groups attached to an aromatic ring is 1. The molecule has 1 aliphatic carbocycles. The Morgan fingerprint density at radius 3 is 2.55 bits per heavy atom. The molecule has 1 aliphatic rings. The van der Waals surface area contributed by atoms with Gasteiger partial charge in [0.1, 0.15) is 10.7 Å². The van der Waals surface area contributed by atoms with Gasteiger partial charge in [-0.1, -0.05) is 72.2 Å². The normalized spacial score (nSPS) is 16.4. The summed E-state index contributed by atoms with van der Waals surface area (Å²) in [5, 5.41) is 1.58. The zero-order valence-electron chi connectivity index (χ0n) is 11.8. The number of aromatic nitrogens is 1. The Kier molecular flexibility index (Phi) is 4.32. The van der Waals surface area contributed by atoms with Gasteiger partial charge in [0.2, 0.25) is 0 Å². The Labute approximate surface area is 128 Å². The van der Waals surface area contributed by atoms with Gasteiger partial charge in [-0.15, -0.1) is 0 Å². The second-order valence-electron chi connectivity index (χ2n) is 5.44. The van der Waals surface area contributed by atoms with Gasteiger partial charge in [-0.2, -0.15) is 0 Å². The Balaban J connectivity index is 1.78. The van der Waals surface area contributed by atoms with E-state index in [9.17, 15) is 0 Å². The van der Waals surface area contributed by atoms with E-state index in [4.69, 9.17) is 10.7 Å². The van der Waals surface area contributed by atoms with Gasteiger partial charge >= 0.3 is 0 Å². The zero-order chi connectivity index (χ0) is 13.9. The Morgan fingerprint density at radius 2 is 1.85 bits per heavy atom. The van der Waals surface area contributed by atoms with Crippen LogP contribution in [0.1, 0.15) is 37.7 Å². The first-order valence-corrected chi connectivity index (χ1v) is 8.92. The summed E-state index contributed by atoms with van der Waals surface area (Å²) < 4.78 is 1.13. The van der Waals surface area contributed by atoms with Gasteiger partial charge in [-0.3, -0.25) is 0 Å². The van der Waals surface area contributed by atoms with Crippen LogP contribution < -0.4 is 5.73 Å². The molecule has 0 bridgehead atoms. The van der Waals surface area contributed by atoms with E-state index in [0.29, 0.717) is 0 Å². The van der Waals surface area contributed by atoms with Gasteiger partial charge in [-0.05, 0) is 19.8 Å². The van der Waals surface area contributed by atoms with Crippen molar-refractivity contribution in [3.63, 3.8) is 0 Å². The van der Waals surface area contributed by atoms with E-state index >= 15 is 0 Å². The third-order valence-corrected chi connectivity index (χ3v) is 6.09. The van der Waals surface area contributed by atoms with E-state index in [-0.39, 0.29) is 0 Å². The minimum Gasteiger partial charge on any atom is -0.389 e. The highest BCUT2D eigenvalue weighted by Crippen LogP contribution is 2.40. The number of benzene rings is 1. The van der Waals surface area contributed by atoms with Crippen LogP contribution in [0.2, 0.25) is 0 Å². The van der Waals surface area contributed by atoms with E-state index in [1.165, 1.54) is 37.7 Å². The highest BCUT2D eigenvalue weighted by Gasteiger charge is 2.18. The zero-order valence-corrected chi connectivity index (χ0v) is 13.4. The first kappa shape index (κ1) is 14.0. The Hall–Kier alpha value is -1.00. The second-order valence-corrected chi connectivity index (χ2v) is 8.01. The van der Waals surface area contributed by atoms with E-state index in [1.807, 2.05) is 11.8 Å². The summed E-state index contributed by atoms with van der Waals surface area (Å²) >= 11 is 3.56. The number of hydrogen-bond donors (Lipinski definition) is 1. The SMILES string of the molecule is Cc1ccc(-c2nc(SC3CCCCC3)sc2N)cc1. The first-order chi connectivity index (χ1) is 9.72. The van der Waals surface area contributed by atoms with Crippen LogP contribution in [0.4, 0.5) is 5.00 Å². The maximum Gasteiger partial charge on any atom is 0.152 e. The third-order valence-electron chi connectivity index (χ3n) is 3.78. The molecule has 3 rings (SSSR count). The largest absolute Gasteiger partial charge is 0.389 e. The molecule has 0 amide bonds. The van der Waals surface area contributed by atoms with Crippen LogP contribution in [0.15, 0.2) is 28.6 Å². The molecule has 2 aromatic rings. The number of nitrogens with zero attached hydrogens (tertiary/aromatic N) is 1. The average molecular weight is 304 g/mol. The van der Waals surface area contributed by atoms with Gasteiger partial charge in [0.15, 0.2) is 4.34 Å². The average Bonchev–Trinajstić information content (AvgIpc) is 2.81. The van der Waals surface area contributed by atoms with Gasteiger partial charge < -0.3 is 5.73 Å². The lowest BCUT2D eigenvalue weighted by atomic mass is 10.0. The minimum absolute atomic E-state index is 0.736. The number of hydrogen-bond acceptors (Lipinski definition) is 4. The predicted molar refractivity (Wildman–Crippen MR) is 89.4 cm³/mol. The number of thiazole rings is 1. The van der Waals surface area contributed by atoms with Crippen molar-refractivity contribution >= 4 is 28.1 Å². The van der Waals surface area contributed by atoms with Crippen molar-refractivity contribution in [1.82, 2.24) is 4.98 Å². The lowest BCUT2D eigenvalue weighted by molar-refractivity contribution is 0.516. The standard InChI is InChI=1S/C16H20N2S2/c1-11-7-9-12(10-8-11)14-15(17)20-16(18-14)19-13-5-3-2-4-6-13/h7-10,13H,2-6,17H2,1H3. The molecule has 0 aliphatic heterocycles. The van der Waals surface area contributed by atoms with Crippen molar-refractivity contribution in [2.45, 2.75) is 48.6 Å². The van der Waals surface area contributed by atoms with Crippen molar-refractivity contribution in [2.75, 3.05) is 5.73 Å². The molecule has 2 nitrogen and oxygen atoms in total. The summed E-state index contributed by atoms with van der Waals surface area (Å²) in [6.45, 7) is 2.10. The minimum atomic E-state index is 0.736. The smallest absolute Gasteiger partial charge is 0.152 e. The summed E-state index contributed by atoms with van der Waals surface area (Å²) in [5.74, 6) is 0.